The summed E-state index contributed by atoms with van der Waals surface area (Å²) in [5, 5.41) is 12.3. The van der Waals surface area contributed by atoms with E-state index in [9.17, 15) is 5.11 Å². The van der Waals surface area contributed by atoms with Crippen LogP contribution in [0.3, 0.4) is 0 Å². The largest absolute Gasteiger partial charge is 0.391 e. The third-order valence-electron chi connectivity index (χ3n) is 1.66. The maximum Gasteiger partial charge on any atom is 0.0727 e. The summed E-state index contributed by atoms with van der Waals surface area (Å²) in [6.45, 7) is 1.52. The summed E-state index contributed by atoms with van der Waals surface area (Å²) in [4.78, 5) is 0. The van der Waals surface area contributed by atoms with Crippen molar-refractivity contribution in [3.63, 3.8) is 0 Å². The second-order valence-electron chi connectivity index (χ2n) is 2.37. The Bertz CT molecular complexity index is 87.1. The molecular formula is C6H13NO2. The van der Waals surface area contributed by atoms with Crippen LogP contribution in [0.15, 0.2) is 0 Å². The normalized spacial score (nSPS) is 35.3. The minimum absolute atomic E-state index is 0.162. The van der Waals surface area contributed by atoms with Crippen molar-refractivity contribution in [1.29, 1.82) is 0 Å². The highest BCUT2D eigenvalue weighted by Gasteiger charge is 2.23. The van der Waals surface area contributed by atoms with Gasteiger partial charge in [-0.1, -0.05) is 0 Å². The fourth-order valence-electron chi connectivity index (χ4n) is 1.10. The number of aliphatic hydroxyl groups is 1. The molecule has 3 nitrogen and oxygen atoms in total. The Morgan fingerprint density at radius 3 is 3.00 bits per heavy atom. The van der Waals surface area contributed by atoms with E-state index in [1.807, 2.05) is 0 Å². The molecular weight excluding hydrogens is 118 g/mol. The average molecular weight is 131 g/mol. The first-order chi connectivity index (χ1) is 4.34. The van der Waals surface area contributed by atoms with Gasteiger partial charge in [-0.15, -0.1) is 0 Å². The first kappa shape index (κ1) is 6.99. The lowest BCUT2D eigenvalue weighted by atomic mass is 10.2. The standard InChI is InChI=1S/C6H13NO2/c1-9-4-5-6(8)2-3-7-5/h5-8H,2-4H2,1H3/t5-,6+/m1/s1. The summed E-state index contributed by atoms with van der Waals surface area (Å²) in [6, 6.07) is 0.162. The number of aliphatic hydroxyl groups excluding tert-OH is 1. The SMILES string of the molecule is COC[C@H]1NCC[C@@H]1O. The van der Waals surface area contributed by atoms with Crippen LogP contribution < -0.4 is 5.32 Å². The lowest BCUT2D eigenvalue weighted by Gasteiger charge is -2.12. The van der Waals surface area contributed by atoms with Gasteiger partial charge < -0.3 is 15.2 Å². The number of hydrogen-bond donors (Lipinski definition) is 2. The predicted molar refractivity (Wildman–Crippen MR) is 34.3 cm³/mol. The van der Waals surface area contributed by atoms with Gasteiger partial charge in [0.2, 0.25) is 0 Å². The van der Waals surface area contributed by atoms with Gasteiger partial charge in [-0.2, -0.15) is 0 Å². The minimum atomic E-state index is -0.204. The van der Waals surface area contributed by atoms with Gasteiger partial charge in [0.25, 0.3) is 0 Å². The van der Waals surface area contributed by atoms with Crippen LogP contribution in [-0.4, -0.2) is 37.5 Å². The molecule has 0 unspecified atom stereocenters. The van der Waals surface area contributed by atoms with Gasteiger partial charge in [0.05, 0.1) is 18.8 Å². The van der Waals surface area contributed by atoms with Gasteiger partial charge in [-0.25, -0.2) is 0 Å². The molecule has 1 heterocycles. The summed E-state index contributed by atoms with van der Waals surface area (Å²) >= 11 is 0. The maximum atomic E-state index is 9.18. The monoisotopic (exact) mass is 131 g/mol. The minimum Gasteiger partial charge on any atom is -0.391 e. The first-order valence-electron chi connectivity index (χ1n) is 3.25. The fourth-order valence-corrected chi connectivity index (χ4v) is 1.10. The van der Waals surface area contributed by atoms with E-state index in [1.54, 1.807) is 7.11 Å². The lowest BCUT2D eigenvalue weighted by Crippen LogP contribution is -2.34. The molecule has 0 aromatic carbocycles. The van der Waals surface area contributed by atoms with Crippen molar-refractivity contribution in [3.05, 3.63) is 0 Å². The molecule has 0 bridgehead atoms. The highest BCUT2D eigenvalue weighted by atomic mass is 16.5. The van der Waals surface area contributed by atoms with Gasteiger partial charge >= 0.3 is 0 Å². The second kappa shape index (κ2) is 3.15. The van der Waals surface area contributed by atoms with E-state index in [4.69, 9.17) is 4.74 Å². The molecule has 2 N–H and O–H groups in total. The highest BCUT2D eigenvalue weighted by molar-refractivity contribution is 4.82. The zero-order valence-corrected chi connectivity index (χ0v) is 5.63. The van der Waals surface area contributed by atoms with E-state index in [-0.39, 0.29) is 12.1 Å². The van der Waals surface area contributed by atoms with Gasteiger partial charge in [0, 0.05) is 7.11 Å². The molecule has 0 radical (unpaired) electrons. The van der Waals surface area contributed by atoms with Crippen LogP contribution in [0.2, 0.25) is 0 Å². The molecule has 1 aliphatic heterocycles. The molecule has 0 spiro atoms. The zero-order valence-electron chi connectivity index (χ0n) is 5.63. The fraction of sp³-hybridized carbons (Fsp3) is 1.00. The van der Waals surface area contributed by atoms with Crippen molar-refractivity contribution in [2.24, 2.45) is 0 Å². The summed E-state index contributed by atoms with van der Waals surface area (Å²) in [6.07, 6.45) is 0.651. The molecule has 2 atom stereocenters. The Hall–Kier alpha value is -0.120. The van der Waals surface area contributed by atoms with Crippen molar-refractivity contribution >= 4 is 0 Å². The predicted octanol–water partition coefficient (Wildman–Crippen LogP) is -0.644. The molecule has 9 heavy (non-hydrogen) atoms. The Balaban J connectivity index is 2.22. The smallest absolute Gasteiger partial charge is 0.0727 e. The Morgan fingerprint density at radius 1 is 1.78 bits per heavy atom. The number of methoxy groups -OCH3 is 1. The van der Waals surface area contributed by atoms with E-state index in [0.717, 1.165) is 13.0 Å². The third kappa shape index (κ3) is 1.64. The van der Waals surface area contributed by atoms with Crippen molar-refractivity contribution in [2.75, 3.05) is 20.3 Å². The van der Waals surface area contributed by atoms with Crippen molar-refractivity contribution in [3.8, 4) is 0 Å². The number of nitrogens with one attached hydrogen (secondary N) is 1. The number of ether oxygens (including phenoxy) is 1. The van der Waals surface area contributed by atoms with Crippen LogP contribution in [0.25, 0.3) is 0 Å². The summed E-state index contributed by atoms with van der Waals surface area (Å²) in [5.41, 5.74) is 0. The van der Waals surface area contributed by atoms with E-state index < -0.39 is 0 Å². The van der Waals surface area contributed by atoms with Gasteiger partial charge in [0.1, 0.15) is 0 Å². The van der Waals surface area contributed by atoms with Gasteiger partial charge in [0.15, 0.2) is 0 Å². The van der Waals surface area contributed by atoms with E-state index in [1.165, 1.54) is 0 Å². The Morgan fingerprint density at radius 2 is 2.56 bits per heavy atom. The molecule has 0 aromatic rings. The zero-order chi connectivity index (χ0) is 6.69. The van der Waals surface area contributed by atoms with Crippen LogP contribution >= 0.6 is 0 Å². The number of rotatable bonds is 2. The van der Waals surface area contributed by atoms with Crippen LogP contribution in [0, 0.1) is 0 Å². The van der Waals surface area contributed by atoms with Crippen molar-refractivity contribution in [1.82, 2.24) is 5.32 Å². The first-order valence-corrected chi connectivity index (χ1v) is 3.25. The number of hydrogen-bond acceptors (Lipinski definition) is 3. The molecule has 1 aliphatic rings. The third-order valence-corrected chi connectivity index (χ3v) is 1.66. The Labute approximate surface area is 55.0 Å². The van der Waals surface area contributed by atoms with Crippen LogP contribution in [0.4, 0.5) is 0 Å². The van der Waals surface area contributed by atoms with Crippen LogP contribution in [-0.2, 0) is 4.74 Å². The lowest BCUT2D eigenvalue weighted by molar-refractivity contribution is 0.0963. The molecule has 0 saturated carbocycles. The maximum absolute atomic E-state index is 9.18. The molecule has 1 saturated heterocycles. The molecule has 3 heteroatoms. The van der Waals surface area contributed by atoms with E-state index in [2.05, 4.69) is 5.32 Å². The summed E-state index contributed by atoms with van der Waals surface area (Å²) in [5.74, 6) is 0. The van der Waals surface area contributed by atoms with E-state index >= 15 is 0 Å². The second-order valence-corrected chi connectivity index (χ2v) is 2.37. The molecule has 54 valence electrons. The molecule has 1 rings (SSSR count). The average Bonchev–Trinajstić information content (AvgIpc) is 2.18. The molecule has 1 fully saturated rings. The quantitative estimate of drug-likeness (QED) is 0.523. The van der Waals surface area contributed by atoms with Gasteiger partial charge in [-0.3, -0.25) is 0 Å². The van der Waals surface area contributed by atoms with Crippen molar-refractivity contribution < 1.29 is 9.84 Å². The summed E-state index contributed by atoms with van der Waals surface area (Å²) < 4.78 is 4.87. The van der Waals surface area contributed by atoms with E-state index in [0.29, 0.717) is 6.61 Å². The van der Waals surface area contributed by atoms with Crippen LogP contribution in [0.1, 0.15) is 6.42 Å². The summed E-state index contributed by atoms with van der Waals surface area (Å²) in [7, 11) is 1.65. The Kier molecular flexibility index (Phi) is 2.45. The molecule has 0 aliphatic carbocycles. The molecule has 0 aromatic heterocycles. The van der Waals surface area contributed by atoms with Crippen molar-refractivity contribution in [2.45, 2.75) is 18.6 Å². The topological polar surface area (TPSA) is 41.5 Å². The van der Waals surface area contributed by atoms with Crippen LogP contribution in [0.5, 0.6) is 0 Å². The highest BCUT2D eigenvalue weighted by Crippen LogP contribution is 2.05. The van der Waals surface area contributed by atoms with Gasteiger partial charge in [-0.05, 0) is 13.0 Å². The molecule has 0 amide bonds.